The van der Waals surface area contributed by atoms with Crippen molar-refractivity contribution in [1.82, 2.24) is 15.0 Å². The smallest absolute Gasteiger partial charge is 0.261 e. The minimum absolute atomic E-state index is 0.0891. The predicted molar refractivity (Wildman–Crippen MR) is 69.9 cm³/mol. The number of nitrogens with zero attached hydrogens (tertiary/aromatic N) is 3. The zero-order valence-electron chi connectivity index (χ0n) is 11.2. The highest BCUT2D eigenvalue weighted by molar-refractivity contribution is 5.49. The molecule has 2 aromatic heterocycles. The van der Waals surface area contributed by atoms with E-state index in [1.165, 1.54) is 19.3 Å². The lowest BCUT2D eigenvalue weighted by Gasteiger charge is -2.41. The highest BCUT2D eigenvalue weighted by Crippen LogP contribution is 2.29. The van der Waals surface area contributed by atoms with Gasteiger partial charge in [-0.25, -0.2) is 0 Å². The molecule has 0 aromatic carbocycles. The number of rotatable bonds is 2. The van der Waals surface area contributed by atoms with Gasteiger partial charge in [-0.3, -0.25) is 4.90 Å². The number of ether oxygens (including phenoxy) is 1. The number of morpholine rings is 1. The maximum absolute atomic E-state index is 5.91. The summed E-state index contributed by atoms with van der Waals surface area (Å²) in [6.07, 6.45) is 6.92. The molecule has 2 saturated heterocycles. The van der Waals surface area contributed by atoms with Gasteiger partial charge in [-0.15, -0.1) is 0 Å². The predicted octanol–water partition coefficient (Wildman–Crippen LogP) is 2.26. The van der Waals surface area contributed by atoms with Crippen LogP contribution in [0.3, 0.4) is 0 Å². The third kappa shape index (κ3) is 2.14. The molecule has 106 valence electrons. The zero-order valence-corrected chi connectivity index (χ0v) is 11.2. The standard InChI is InChI=1S/C14H17N3O3/c1-2-5-17-7-12(19-9-11(17)3-1)13-15-14(20-16-13)10-4-6-18-8-10/h4,6,8,11-12H,1-3,5,7,9H2. The summed E-state index contributed by atoms with van der Waals surface area (Å²) in [5, 5.41) is 4.05. The number of piperidine rings is 1. The van der Waals surface area contributed by atoms with Gasteiger partial charge in [-0.2, -0.15) is 4.98 Å². The molecule has 0 bridgehead atoms. The van der Waals surface area contributed by atoms with Crippen molar-refractivity contribution in [3.05, 3.63) is 24.4 Å². The van der Waals surface area contributed by atoms with E-state index in [0.29, 0.717) is 17.8 Å². The fourth-order valence-corrected chi connectivity index (χ4v) is 3.01. The highest BCUT2D eigenvalue weighted by Gasteiger charge is 2.33. The molecule has 0 N–H and O–H groups in total. The lowest BCUT2D eigenvalue weighted by molar-refractivity contribution is -0.0805. The van der Waals surface area contributed by atoms with Gasteiger partial charge in [0.25, 0.3) is 5.89 Å². The van der Waals surface area contributed by atoms with E-state index in [-0.39, 0.29) is 6.10 Å². The Labute approximate surface area is 116 Å². The molecule has 0 spiro atoms. The van der Waals surface area contributed by atoms with Crippen molar-refractivity contribution < 1.29 is 13.7 Å². The Morgan fingerprint density at radius 2 is 2.30 bits per heavy atom. The lowest BCUT2D eigenvalue weighted by atomic mass is 10.0. The minimum Gasteiger partial charge on any atom is -0.472 e. The van der Waals surface area contributed by atoms with Gasteiger partial charge in [0.1, 0.15) is 12.4 Å². The van der Waals surface area contributed by atoms with Crippen molar-refractivity contribution in [2.75, 3.05) is 19.7 Å². The Hall–Kier alpha value is -1.66. The number of aromatic nitrogens is 2. The number of fused-ring (bicyclic) bond motifs is 1. The van der Waals surface area contributed by atoms with E-state index < -0.39 is 0 Å². The molecule has 0 amide bonds. The van der Waals surface area contributed by atoms with E-state index in [9.17, 15) is 0 Å². The molecule has 0 saturated carbocycles. The Kier molecular flexibility index (Phi) is 3.05. The Morgan fingerprint density at radius 3 is 3.20 bits per heavy atom. The van der Waals surface area contributed by atoms with Crippen molar-refractivity contribution in [3.8, 4) is 11.5 Å². The number of furan rings is 1. The summed E-state index contributed by atoms with van der Waals surface area (Å²) in [6, 6.07) is 2.37. The van der Waals surface area contributed by atoms with Crippen LogP contribution in [0.5, 0.6) is 0 Å². The molecular formula is C14H17N3O3. The summed E-state index contributed by atoms with van der Waals surface area (Å²) in [7, 11) is 0. The quantitative estimate of drug-likeness (QED) is 0.837. The maximum Gasteiger partial charge on any atom is 0.261 e. The third-order valence-electron chi connectivity index (χ3n) is 4.14. The first kappa shape index (κ1) is 12.1. The van der Waals surface area contributed by atoms with Gasteiger partial charge < -0.3 is 13.7 Å². The molecule has 2 fully saturated rings. The van der Waals surface area contributed by atoms with Crippen LogP contribution in [0.15, 0.2) is 27.5 Å². The second-order valence-electron chi connectivity index (χ2n) is 5.44. The Balaban J connectivity index is 1.50. The highest BCUT2D eigenvalue weighted by atomic mass is 16.5. The fraction of sp³-hybridized carbons (Fsp3) is 0.571. The molecule has 2 unspecified atom stereocenters. The van der Waals surface area contributed by atoms with Crippen molar-refractivity contribution >= 4 is 0 Å². The molecular weight excluding hydrogens is 258 g/mol. The van der Waals surface area contributed by atoms with Crippen LogP contribution >= 0.6 is 0 Å². The topological polar surface area (TPSA) is 64.5 Å². The van der Waals surface area contributed by atoms with Crippen molar-refractivity contribution in [3.63, 3.8) is 0 Å². The number of hydrogen-bond acceptors (Lipinski definition) is 6. The maximum atomic E-state index is 5.91. The van der Waals surface area contributed by atoms with Gasteiger partial charge in [0, 0.05) is 12.6 Å². The summed E-state index contributed by atoms with van der Waals surface area (Å²) in [5.74, 6) is 1.11. The van der Waals surface area contributed by atoms with Crippen molar-refractivity contribution in [2.24, 2.45) is 0 Å². The van der Waals surface area contributed by atoms with Crippen LogP contribution in [-0.2, 0) is 4.74 Å². The molecule has 0 aliphatic carbocycles. The van der Waals surface area contributed by atoms with E-state index in [1.54, 1.807) is 18.6 Å². The van der Waals surface area contributed by atoms with Gasteiger partial charge in [-0.05, 0) is 25.5 Å². The molecule has 2 aromatic rings. The Bertz CT molecular complexity index is 566. The average Bonchev–Trinajstić information content (AvgIpc) is 3.17. The molecule has 6 nitrogen and oxygen atoms in total. The van der Waals surface area contributed by atoms with Crippen LogP contribution in [0, 0.1) is 0 Å². The first-order chi connectivity index (χ1) is 9.90. The van der Waals surface area contributed by atoms with Gasteiger partial charge >= 0.3 is 0 Å². The third-order valence-corrected chi connectivity index (χ3v) is 4.14. The van der Waals surface area contributed by atoms with Gasteiger partial charge in [0.15, 0.2) is 0 Å². The van der Waals surface area contributed by atoms with Crippen molar-refractivity contribution in [2.45, 2.75) is 31.4 Å². The van der Waals surface area contributed by atoms with Crippen LogP contribution in [0.2, 0.25) is 0 Å². The van der Waals surface area contributed by atoms with Crippen LogP contribution in [0.25, 0.3) is 11.5 Å². The summed E-state index contributed by atoms with van der Waals surface area (Å²) in [6.45, 7) is 2.77. The molecule has 4 rings (SSSR count). The second-order valence-corrected chi connectivity index (χ2v) is 5.44. The van der Waals surface area contributed by atoms with E-state index in [2.05, 4.69) is 15.0 Å². The van der Waals surface area contributed by atoms with Crippen LogP contribution in [0.1, 0.15) is 31.2 Å². The minimum atomic E-state index is -0.0891. The van der Waals surface area contributed by atoms with Crippen molar-refractivity contribution in [1.29, 1.82) is 0 Å². The van der Waals surface area contributed by atoms with E-state index in [4.69, 9.17) is 13.7 Å². The molecule has 2 aliphatic rings. The van der Waals surface area contributed by atoms with Gasteiger partial charge in [0.2, 0.25) is 5.82 Å². The average molecular weight is 275 g/mol. The van der Waals surface area contributed by atoms with Gasteiger partial charge in [0.05, 0.1) is 18.4 Å². The van der Waals surface area contributed by atoms with Gasteiger partial charge in [-0.1, -0.05) is 11.6 Å². The van der Waals surface area contributed by atoms with E-state index in [0.717, 1.165) is 25.3 Å². The summed E-state index contributed by atoms with van der Waals surface area (Å²) in [4.78, 5) is 6.92. The van der Waals surface area contributed by atoms with E-state index in [1.807, 2.05) is 0 Å². The molecule has 2 atom stereocenters. The van der Waals surface area contributed by atoms with Crippen LogP contribution in [-0.4, -0.2) is 40.8 Å². The second kappa shape index (κ2) is 5.03. The van der Waals surface area contributed by atoms with Crippen LogP contribution < -0.4 is 0 Å². The largest absolute Gasteiger partial charge is 0.472 e. The summed E-state index contributed by atoms with van der Waals surface area (Å²) in [5.41, 5.74) is 0.801. The molecule has 6 heteroatoms. The Morgan fingerprint density at radius 1 is 1.30 bits per heavy atom. The monoisotopic (exact) mass is 275 g/mol. The van der Waals surface area contributed by atoms with E-state index >= 15 is 0 Å². The first-order valence-electron chi connectivity index (χ1n) is 7.12. The molecule has 2 aliphatic heterocycles. The fourth-order valence-electron chi connectivity index (χ4n) is 3.01. The summed E-state index contributed by atoms with van der Waals surface area (Å²) >= 11 is 0. The molecule has 20 heavy (non-hydrogen) atoms. The first-order valence-corrected chi connectivity index (χ1v) is 7.12. The zero-order chi connectivity index (χ0) is 13.4. The molecule has 4 heterocycles. The summed E-state index contributed by atoms with van der Waals surface area (Å²) < 4.78 is 16.2. The van der Waals surface area contributed by atoms with Crippen LogP contribution in [0.4, 0.5) is 0 Å². The lowest BCUT2D eigenvalue weighted by Crippen LogP contribution is -2.49. The number of hydrogen-bond donors (Lipinski definition) is 0. The SMILES string of the molecule is c1cc(-c2nc(C3CN4CCCCC4CO3)no2)co1. The molecule has 0 radical (unpaired) electrons. The normalized spacial score (nSPS) is 27.4.